The van der Waals surface area contributed by atoms with E-state index in [1.807, 2.05) is 23.7 Å². The van der Waals surface area contributed by atoms with Crippen LogP contribution >= 0.6 is 0 Å². The second-order valence-corrected chi connectivity index (χ2v) is 6.81. The Balaban J connectivity index is 2.19. The average Bonchev–Trinajstić information content (AvgIpc) is 2.65. The van der Waals surface area contributed by atoms with Crippen LogP contribution in [0.2, 0.25) is 0 Å². The maximum absolute atomic E-state index is 13.2. The normalized spacial score (nSPS) is 11.0. The molecule has 1 aromatic heterocycles. The van der Waals surface area contributed by atoms with E-state index in [4.69, 9.17) is 0 Å². The number of aromatic nitrogens is 1. The summed E-state index contributed by atoms with van der Waals surface area (Å²) in [7, 11) is 2.01. The summed E-state index contributed by atoms with van der Waals surface area (Å²) in [5.74, 6) is -0.557. The van der Waals surface area contributed by atoms with Gasteiger partial charge in [-0.05, 0) is 49.2 Å². The number of pyridine rings is 1. The number of carbonyl (C=O) groups excluding carboxylic acids is 1. The predicted octanol–water partition coefficient (Wildman–Crippen LogP) is 4.24. The van der Waals surface area contributed by atoms with Gasteiger partial charge in [-0.2, -0.15) is 0 Å². The van der Waals surface area contributed by atoms with E-state index in [0.717, 1.165) is 29.7 Å². The Morgan fingerprint density at radius 3 is 2.48 bits per heavy atom. The van der Waals surface area contributed by atoms with E-state index in [9.17, 15) is 14.0 Å². The first-order valence-corrected chi connectivity index (χ1v) is 9.04. The van der Waals surface area contributed by atoms with Gasteiger partial charge in [0.15, 0.2) is 11.2 Å². The summed E-state index contributed by atoms with van der Waals surface area (Å²) >= 11 is 0. The lowest BCUT2D eigenvalue weighted by Crippen LogP contribution is -2.20. The first-order chi connectivity index (χ1) is 12.9. The first kappa shape index (κ1) is 18.8. The summed E-state index contributed by atoms with van der Waals surface area (Å²) in [5.41, 5.74) is 2.57. The van der Waals surface area contributed by atoms with Crippen molar-refractivity contribution in [2.75, 3.05) is 18.5 Å². The van der Waals surface area contributed by atoms with E-state index in [-0.39, 0.29) is 22.6 Å². The highest BCUT2D eigenvalue weighted by Gasteiger charge is 2.14. The van der Waals surface area contributed by atoms with Crippen molar-refractivity contribution in [1.29, 1.82) is 0 Å². The van der Waals surface area contributed by atoms with E-state index in [0.29, 0.717) is 11.9 Å². The monoisotopic (exact) mass is 366 g/mol. The van der Waals surface area contributed by atoms with E-state index < -0.39 is 0 Å². The van der Waals surface area contributed by atoms with E-state index in [1.54, 1.807) is 24.4 Å². The molecule has 5 heteroatoms. The number of nitrogens with zero attached hydrogens (tertiary/aromatic N) is 2. The Morgan fingerprint density at radius 2 is 1.85 bits per heavy atom. The molecule has 0 saturated heterocycles. The Labute approximate surface area is 157 Å². The van der Waals surface area contributed by atoms with Crippen LogP contribution in [0.25, 0.3) is 10.9 Å². The topological polar surface area (TPSA) is 42.3 Å². The number of carbonyl (C=O) groups is 1. The number of benzene rings is 2. The largest absolute Gasteiger partial charge is 0.375 e. The lowest BCUT2D eigenvalue weighted by molar-refractivity contribution is 0.101. The summed E-state index contributed by atoms with van der Waals surface area (Å²) in [6.45, 7) is 4.85. The number of hydrogen-bond acceptors (Lipinski definition) is 3. The van der Waals surface area contributed by atoms with Gasteiger partial charge in [0.05, 0.1) is 11.1 Å². The molecule has 0 aliphatic carbocycles. The molecule has 140 valence electrons. The molecule has 1 heterocycles. The van der Waals surface area contributed by atoms with E-state index in [1.165, 1.54) is 19.1 Å². The van der Waals surface area contributed by atoms with Crippen molar-refractivity contribution in [3.63, 3.8) is 0 Å². The van der Waals surface area contributed by atoms with Crippen molar-refractivity contribution in [2.45, 2.75) is 26.8 Å². The number of halogens is 1. The Bertz CT molecular complexity index is 1040. The highest BCUT2D eigenvalue weighted by Crippen LogP contribution is 2.22. The van der Waals surface area contributed by atoms with Crippen molar-refractivity contribution in [3.05, 3.63) is 75.8 Å². The van der Waals surface area contributed by atoms with Crippen LogP contribution in [0.1, 0.15) is 36.2 Å². The lowest BCUT2D eigenvalue weighted by atomic mass is 10.1. The molecule has 0 amide bonds. The van der Waals surface area contributed by atoms with Gasteiger partial charge in [0.25, 0.3) is 0 Å². The number of anilines is 1. The SMILES string of the molecule is CCCN(C)c1ccc2c(=O)c(C(C)=O)cn(Cc3ccc(F)cc3)c2c1. The minimum Gasteiger partial charge on any atom is -0.375 e. The Kier molecular flexibility index (Phi) is 5.40. The molecule has 27 heavy (non-hydrogen) atoms. The predicted molar refractivity (Wildman–Crippen MR) is 107 cm³/mol. The molecular formula is C22H23FN2O2. The summed E-state index contributed by atoms with van der Waals surface area (Å²) in [6.07, 6.45) is 2.63. The van der Waals surface area contributed by atoms with Crippen LogP contribution < -0.4 is 10.3 Å². The zero-order valence-corrected chi connectivity index (χ0v) is 15.8. The number of fused-ring (bicyclic) bond motifs is 1. The maximum Gasteiger partial charge on any atom is 0.200 e. The number of hydrogen-bond donors (Lipinski definition) is 0. The standard InChI is InChI=1S/C22H23FN2O2/c1-4-11-24(3)18-9-10-19-21(12-18)25(14-20(15(2)26)22(19)27)13-16-5-7-17(23)8-6-16/h5-10,12,14H,4,11,13H2,1-3H3. The first-order valence-electron chi connectivity index (χ1n) is 9.04. The lowest BCUT2D eigenvalue weighted by Gasteiger charge is -2.20. The number of Topliss-reactive ketones (excluding diaryl/α,β-unsaturated/α-hetero) is 1. The van der Waals surface area contributed by atoms with E-state index >= 15 is 0 Å². The van der Waals surface area contributed by atoms with Gasteiger partial charge in [-0.15, -0.1) is 0 Å². The second kappa shape index (κ2) is 7.74. The third kappa shape index (κ3) is 3.92. The Hall–Kier alpha value is -2.95. The minimum atomic E-state index is -0.295. The fourth-order valence-electron chi connectivity index (χ4n) is 3.25. The van der Waals surface area contributed by atoms with Gasteiger partial charge in [-0.3, -0.25) is 9.59 Å². The van der Waals surface area contributed by atoms with Crippen molar-refractivity contribution in [3.8, 4) is 0 Å². The van der Waals surface area contributed by atoms with Crippen molar-refractivity contribution < 1.29 is 9.18 Å². The van der Waals surface area contributed by atoms with Gasteiger partial charge in [0.1, 0.15) is 5.82 Å². The van der Waals surface area contributed by atoms with Gasteiger partial charge in [-0.1, -0.05) is 19.1 Å². The van der Waals surface area contributed by atoms with Gasteiger partial charge < -0.3 is 9.47 Å². The highest BCUT2D eigenvalue weighted by atomic mass is 19.1. The van der Waals surface area contributed by atoms with Gasteiger partial charge in [0.2, 0.25) is 0 Å². The smallest absolute Gasteiger partial charge is 0.200 e. The molecule has 0 fully saturated rings. The van der Waals surface area contributed by atoms with Crippen LogP contribution in [0.5, 0.6) is 0 Å². The molecule has 2 aromatic carbocycles. The number of rotatable bonds is 6. The molecule has 0 bridgehead atoms. The molecule has 4 nitrogen and oxygen atoms in total. The fourth-order valence-corrected chi connectivity index (χ4v) is 3.25. The zero-order chi connectivity index (χ0) is 19.6. The second-order valence-electron chi connectivity index (χ2n) is 6.81. The summed E-state index contributed by atoms with van der Waals surface area (Å²) in [5, 5.41) is 0.512. The van der Waals surface area contributed by atoms with Crippen LogP contribution in [0, 0.1) is 5.82 Å². The van der Waals surface area contributed by atoms with Crippen molar-refractivity contribution >= 4 is 22.4 Å². The number of ketones is 1. The van der Waals surface area contributed by atoms with Crippen LogP contribution in [-0.2, 0) is 6.54 Å². The van der Waals surface area contributed by atoms with Crippen molar-refractivity contribution in [1.82, 2.24) is 4.57 Å². The van der Waals surface area contributed by atoms with Crippen LogP contribution in [0.4, 0.5) is 10.1 Å². The molecule has 3 rings (SSSR count). The maximum atomic E-state index is 13.2. The molecule has 0 radical (unpaired) electrons. The van der Waals surface area contributed by atoms with Gasteiger partial charge >= 0.3 is 0 Å². The van der Waals surface area contributed by atoms with Crippen LogP contribution in [-0.4, -0.2) is 23.9 Å². The van der Waals surface area contributed by atoms with Crippen molar-refractivity contribution in [2.24, 2.45) is 0 Å². The molecular weight excluding hydrogens is 343 g/mol. The van der Waals surface area contributed by atoms with Gasteiger partial charge in [-0.25, -0.2) is 4.39 Å². The summed E-state index contributed by atoms with van der Waals surface area (Å²) in [6, 6.07) is 11.9. The van der Waals surface area contributed by atoms with Gasteiger partial charge in [0, 0.05) is 37.4 Å². The molecule has 0 N–H and O–H groups in total. The fraction of sp³-hybridized carbons (Fsp3) is 0.273. The quantitative estimate of drug-likeness (QED) is 0.613. The molecule has 0 aliphatic rings. The molecule has 0 aliphatic heterocycles. The third-order valence-corrected chi connectivity index (χ3v) is 4.71. The summed E-state index contributed by atoms with van der Waals surface area (Å²) < 4.78 is 15.1. The van der Waals surface area contributed by atoms with Crippen LogP contribution in [0.15, 0.2) is 53.5 Å². The molecule has 0 unspecified atom stereocenters. The highest BCUT2D eigenvalue weighted by molar-refractivity contribution is 5.97. The Morgan fingerprint density at radius 1 is 1.15 bits per heavy atom. The van der Waals surface area contributed by atoms with Crippen LogP contribution in [0.3, 0.4) is 0 Å². The van der Waals surface area contributed by atoms with E-state index in [2.05, 4.69) is 11.8 Å². The zero-order valence-electron chi connectivity index (χ0n) is 15.8. The molecule has 0 atom stereocenters. The summed E-state index contributed by atoms with van der Waals surface area (Å²) in [4.78, 5) is 26.8. The molecule has 0 saturated carbocycles. The molecule has 3 aromatic rings. The third-order valence-electron chi connectivity index (χ3n) is 4.71. The average molecular weight is 366 g/mol. The molecule has 0 spiro atoms. The minimum absolute atomic E-state index is 0.166.